The molecule has 4 heteroatoms. The molecule has 1 heterocycles. The highest BCUT2D eigenvalue weighted by Gasteiger charge is 2.32. The summed E-state index contributed by atoms with van der Waals surface area (Å²) in [6.07, 6.45) is 1.72. The Balaban J connectivity index is 2.04. The standard InChI is InChI=1S/C17H14O4/c1-19-13-9-8-12-15(18)14(21-16(12)17(13)20-2)10-11-6-4-3-5-7-11/h3-10H,1-2H3/b14-10-. The minimum atomic E-state index is -0.158. The van der Waals surface area contributed by atoms with Crippen molar-refractivity contribution >= 4 is 11.9 Å². The Hall–Kier alpha value is -2.75. The van der Waals surface area contributed by atoms with Gasteiger partial charge in [0.2, 0.25) is 11.5 Å². The Morgan fingerprint density at radius 1 is 1.00 bits per heavy atom. The highest BCUT2D eigenvalue weighted by Crippen LogP contribution is 2.45. The molecule has 2 aromatic carbocycles. The fourth-order valence-corrected chi connectivity index (χ4v) is 2.26. The predicted molar refractivity (Wildman–Crippen MR) is 78.9 cm³/mol. The van der Waals surface area contributed by atoms with Gasteiger partial charge >= 0.3 is 0 Å². The molecule has 0 N–H and O–H groups in total. The first kappa shape index (κ1) is 13.2. The van der Waals surface area contributed by atoms with Gasteiger partial charge in [-0.25, -0.2) is 0 Å². The lowest BCUT2D eigenvalue weighted by Crippen LogP contribution is -1.97. The summed E-state index contributed by atoms with van der Waals surface area (Å²) in [5.41, 5.74) is 1.38. The molecule has 1 aliphatic rings. The number of methoxy groups -OCH3 is 2. The van der Waals surface area contributed by atoms with Gasteiger partial charge in [0.1, 0.15) is 0 Å². The van der Waals surface area contributed by atoms with Gasteiger partial charge in [-0.3, -0.25) is 4.79 Å². The molecule has 1 aliphatic heterocycles. The monoisotopic (exact) mass is 282 g/mol. The molecule has 0 aromatic heterocycles. The highest BCUT2D eigenvalue weighted by atomic mass is 16.5. The number of ether oxygens (including phenoxy) is 3. The van der Waals surface area contributed by atoms with E-state index >= 15 is 0 Å². The molecular formula is C17H14O4. The average Bonchev–Trinajstić information content (AvgIpc) is 2.84. The average molecular weight is 282 g/mol. The fraction of sp³-hybridized carbons (Fsp3) is 0.118. The molecule has 0 saturated heterocycles. The number of carbonyl (C=O) groups is 1. The lowest BCUT2D eigenvalue weighted by atomic mass is 10.1. The predicted octanol–water partition coefficient (Wildman–Crippen LogP) is 3.32. The molecule has 0 radical (unpaired) electrons. The second-order valence-electron chi connectivity index (χ2n) is 4.53. The van der Waals surface area contributed by atoms with Crippen molar-refractivity contribution in [3.05, 3.63) is 59.4 Å². The summed E-state index contributed by atoms with van der Waals surface area (Å²) in [4.78, 5) is 12.4. The van der Waals surface area contributed by atoms with Crippen LogP contribution in [0.1, 0.15) is 15.9 Å². The number of Topliss-reactive ketones (excluding diaryl/α,β-unsaturated/α-hetero) is 1. The van der Waals surface area contributed by atoms with Crippen molar-refractivity contribution in [3.8, 4) is 17.2 Å². The SMILES string of the molecule is COc1ccc2c(c1OC)O/C(=C\c1ccccc1)C2=O. The summed E-state index contributed by atoms with van der Waals surface area (Å²) in [6, 6.07) is 12.9. The zero-order valence-corrected chi connectivity index (χ0v) is 11.8. The molecular weight excluding hydrogens is 268 g/mol. The summed E-state index contributed by atoms with van der Waals surface area (Å²) < 4.78 is 16.2. The molecule has 0 atom stereocenters. The zero-order valence-electron chi connectivity index (χ0n) is 11.8. The van der Waals surface area contributed by atoms with Crippen LogP contribution in [0.2, 0.25) is 0 Å². The van der Waals surface area contributed by atoms with E-state index in [1.165, 1.54) is 7.11 Å². The van der Waals surface area contributed by atoms with E-state index in [9.17, 15) is 4.79 Å². The van der Waals surface area contributed by atoms with Crippen LogP contribution in [-0.2, 0) is 0 Å². The first-order chi connectivity index (χ1) is 10.2. The van der Waals surface area contributed by atoms with Crippen LogP contribution in [0.15, 0.2) is 48.2 Å². The molecule has 0 spiro atoms. The van der Waals surface area contributed by atoms with Crippen LogP contribution in [0.5, 0.6) is 17.2 Å². The number of fused-ring (bicyclic) bond motifs is 1. The first-order valence-corrected chi connectivity index (χ1v) is 6.49. The van der Waals surface area contributed by atoms with Crippen molar-refractivity contribution in [2.45, 2.75) is 0 Å². The van der Waals surface area contributed by atoms with Crippen molar-refractivity contribution < 1.29 is 19.0 Å². The number of allylic oxidation sites excluding steroid dienone is 1. The van der Waals surface area contributed by atoms with Crippen LogP contribution in [0, 0.1) is 0 Å². The van der Waals surface area contributed by atoms with Gasteiger partial charge in [0, 0.05) is 0 Å². The molecule has 0 bridgehead atoms. The third-order valence-corrected chi connectivity index (χ3v) is 3.28. The topological polar surface area (TPSA) is 44.8 Å². The van der Waals surface area contributed by atoms with E-state index in [0.717, 1.165) is 5.56 Å². The van der Waals surface area contributed by atoms with Crippen molar-refractivity contribution in [2.24, 2.45) is 0 Å². The highest BCUT2D eigenvalue weighted by molar-refractivity contribution is 6.15. The maximum atomic E-state index is 12.4. The molecule has 0 amide bonds. The van der Waals surface area contributed by atoms with Crippen LogP contribution < -0.4 is 14.2 Å². The van der Waals surface area contributed by atoms with Gasteiger partial charge in [0.15, 0.2) is 17.3 Å². The van der Waals surface area contributed by atoms with E-state index in [4.69, 9.17) is 14.2 Å². The Bertz CT molecular complexity index is 717. The van der Waals surface area contributed by atoms with Gasteiger partial charge in [0.25, 0.3) is 0 Å². The van der Waals surface area contributed by atoms with E-state index in [1.54, 1.807) is 25.3 Å². The van der Waals surface area contributed by atoms with Crippen molar-refractivity contribution in [1.82, 2.24) is 0 Å². The molecule has 0 saturated carbocycles. The number of hydrogen-bond acceptors (Lipinski definition) is 4. The van der Waals surface area contributed by atoms with Gasteiger partial charge in [-0.15, -0.1) is 0 Å². The summed E-state index contributed by atoms with van der Waals surface area (Å²) in [5.74, 6) is 1.49. The van der Waals surface area contributed by atoms with E-state index in [0.29, 0.717) is 22.8 Å². The van der Waals surface area contributed by atoms with Crippen molar-refractivity contribution in [3.63, 3.8) is 0 Å². The Labute approximate surface area is 122 Å². The van der Waals surface area contributed by atoms with Gasteiger partial charge in [0.05, 0.1) is 19.8 Å². The molecule has 106 valence electrons. The summed E-state index contributed by atoms with van der Waals surface area (Å²) in [5, 5.41) is 0. The molecule has 0 unspecified atom stereocenters. The third-order valence-electron chi connectivity index (χ3n) is 3.28. The van der Waals surface area contributed by atoms with Crippen LogP contribution in [0.25, 0.3) is 6.08 Å². The zero-order chi connectivity index (χ0) is 14.8. The van der Waals surface area contributed by atoms with Crippen LogP contribution in [-0.4, -0.2) is 20.0 Å². The van der Waals surface area contributed by atoms with Gasteiger partial charge in [-0.05, 0) is 23.8 Å². The molecule has 4 nitrogen and oxygen atoms in total. The summed E-state index contributed by atoms with van der Waals surface area (Å²) >= 11 is 0. The molecule has 0 aliphatic carbocycles. The van der Waals surface area contributed by atoms with E-state index in [-0.39, 0.29) is 11.5 Å². The molecule has 2 aromatic rings. The maximum absolute atomic E-state index is 12.4. The lowest BCUT2D eigenvalue weighted by molar-refractivity contribution is 0.101. The van der Waals surface area contributed by atoms with Gasteiger partial charge in [-0.1, -0.05) is 30.3 Å². The number of rotatable bonds is 3. The Morgan fingerprint density at radius 2 is 1.76 bits per heavy atom. The maximum Gasteiger partial charge on any atom is 0.232 e. The smallest absolute Gasteiger partial charge is 0.232 e. The molecule has 21 heavy (non-hydrogen) atoms. The number of carbonyl (C=O) groups excluding carboxylic acids is 1. The van der Waals surface area contributed by atoms with Crippen molar-refractivity contribution in [2.75, 3.05) is 14.2 Å². The van der Waals surface area contributed by atoms with Gasteiger partial charge in [-0.2, -0.15) is 0 Å². The quantitative estimate of drug-likeness (QED) is 0.810. The lowest BCUT2D eigenvalue weighted by Gasteiger charge is -2.10. The van der Waals surface area contributed by atoms with Crippen LogP contribution >= 0.6 is 0 Å². The molecule has 3 rings (SSSR count). The van der Waals surface area contributed by atoms with Crippen LogP contribution in [0.3, 0.4) is 0 Å². The summed E-state index contributed by atoms with van der Waals surface area (Å²) in [7, 11) is 3.06. The first-order valence-electron chi connectivity index (χ1n) is 6.49. The van der Waals surface area contributed by atoms with E-state index < -0.39 is 0 Å². The molecule has 0 fully saturated rings. The van der Waals surface area contributed by atoms with Gasteiger partial charge < -0.3 is 14.2 Å². The largest absolute Gasteiger partial charge is 0.493 e. The minimum absolute atomic E-state index is 0.158. The number of hydrogen-bond donors (Lipinski definition) is 0. The fourth-order valence-electron chi connectivity index (χ4n) is 2.26. The Morgan fingerprint density at radius 3 is 2.43 bits per heavy atom. The van der Waals surface area contributed by atoms with Crippen molar-refractivity contribution in [1.29, 1.82) is 0 Å². The van der Waals surface area contributed by atoms with E-state index in [1.807, 2.05) is 30.3 Å². The number of ketones is 1. The number of benzene rings is 2. The van der Waals surface area contributed by atoms with E-state index in [2.05, 4.69) is 0 Å². The minimum Gasteiger partial charge on any atom is -0.493 e. The second-order valence-corrected chi connectivity index (χ2v) is 4.53. The Kier molecular flexibility index (Phi) is 3.36. The second kappa shape index (κ2) is 5.32. The van der Waals surface area contributed by atoms with Crippen LogP contribution in [0.4, 0.5) is 0 Å². The third kappa shape index (κ3) is 2.25. The normalized spacial score (nSPS) is 14.8. The summed E-state index contributed by atoms with van der Waals surface area (Å²) in [6.45, 7) is 0.